The van der Waals surface area contributed by atoms with Crippen molar-refractivity contribution in [2.75, 3.05) is 24.2 Å². The summed E-state index contributed by atoms with van der Waals surface area (Å²) in [5.74, 6) is -1.58. The lowest BCUT2D eigenvalue weighted by Gasteiger charge is -2.14. The summed E-state index contributed by atoms with van der Waals surface area (Å²) in [7, 11) is -3.34. The fourth-order valence-corrected chi connectivity index (χ4v) is 3.92. The Balaban J connectivity index is 1.71. The number of carboxylic acids is 1. The minimum absolute atomic E-state index is 0.0635. The second-order valence-corrected chi connectivity index (χ2v) is 7.54. The minimum atomic E-state index is -3.34. The fourth-order valence-electron chi connectivity index (χ4n) is 2.44. The van der Waals surface area contributed by atoms with Crippen LogP contribution < -0.4 is 5.32 Å². The molecule has 0 spiro atoms. The summed E-state index contributed by atoms with van der Waals surface area (Å²) >= 11 is 0. The van der Waals surface area contributed by atoms with Gasteiger partial charge in [-0.25, -0.2) is 17.9 Å². The Bertz CT molecular complexity index is 923. The van der Waals surface area contributed by atoms with Crippen molar-refractivity contribution in [1.82, 2.24) is 19.3 Å². The smallest absolute Gasteiger partial charge is 0.358 e. The number of nitrogens with one attached hydrogen (secondary N) is 1. The molecule has 2 N–H and O–H groups in total. The molecule has 132 valence electrons. The van der Waals surface area contributed by atoms with Gasteiger partial charge < -0.3 is 10.4 Å². The molecule has 0 aliphatic carbocycles. The van der Waals surface area contributed by atoms with Crippen LogP contribution in [-0.2, 0) is 14.8 Å². The van der Waals surface area contributed by atoms with E-state index in [-0.39, 0.29) is 18.0 Å². The van der Waals surface area contributed by atoms with E-state index in [0.717, 1.165) is 4.31 Å². The van der Waals surface area contributed by atoms with Gasteiger partial charge in [0.1, 0.15) is 0 Å². The van der Waals surface area contributed by atoms with Crippen LogP contribution in [-0.4, -0.2) is 63.5 Å². The highest BCUT2D eigenvalue weighted by atomic mass is 32.2. The number of rotatable bonds is 5. The van der Waals surface area contributed by atoms with Gasteiger partial charge in [-0.15, -0.1) is 5.10 Å². The van der Waals surface area contributed by atoms with Gasteiger partial charge >= 0.3 is 5.97 Å². The first-order chi connectivity index (χ1) is 11.8. The van der Waals surface area contributed by atoms with Gasteiger partial charge in [-0.1, -0.05) is 11.3 Å². The molecule has 0 unspecified atom stereocenters. The molecule has 25 heavy (non-hydrogen) atoms. The maximum atomic E-state index is 12.1. The highest BCUT2D eigenvalue weighted by Crippen LogP contribution is 2.16. The van der Waals surface area contributed by atoms with E-state index in [2.05, 4.69) is 15.6 Å². The van der Waals surface area contributed by atoms with E-state index < -0.39 is 21.9 Å². The predicted octanol–water partition coefficient (Wildman–Crippen LogP) is -0.0605. The van der Waals surface area contributed by atoms with Crippen LogP contribution >= 0.6 is 0 Å². The third-order valence-electron chi connectivity index (χ3n) is 3.63. The van der Waals surface area contributed by atoms with Crippen LogP contribution in [0.4, 0.5) is 5.69 Å². The fraction of sp³-hybridized carbons (Fsp3) is 0.286. The predicted molar refractivity (Wildman–Crippen MR) is 86.9 cm³/mol. The van der Waals surface area contributed by atoms with E-state index in [4.69, 9.17) is 5.11 Å². The Morgan fingerprint density at radius 3 is 2.76 bits per heavy atom. The highest BCUT2D eigenvalue weighted by Gasteiger charge is 2.29. The van der Waals surface area contributed by atoms with Gasteiger partial charge in [-0.05, 0) is 24.6 Å². The molecule has 11 heteroatoms. The van der Waals surface area contributed by atoms with Crippen molar-refractivity contribution in [1.29, 1.82) is 0 Å². The first kappa shape index (κ1) is 17.0. The molecule has 1 amide bonds. The van der Waals surface area contributed by atoms with Crippen LogP contribution in [0.1, 0.15) is 16.9 Å². The summed E-state index contributed by atoms with van der Waals surface area (Å²) in [4.78, 5) is 22.9. The zero-order valence-electron chi connectivity index (χ0n) is 13.0. The molecule has 1 fully saturated rings. The summed E-state index contributed by atoms with van der Waals surface area (Å²) in [6, 6.07) is 6.53. The number of aromatic carboxylic acids is 1. The van der Waals surface area contributed by atoms with Gasteiger partial charge in [0.15, 0.2) is 5.69 Å². The van der Waals surface area contributed by atoms with Gasteiger partial charge in [0.25, 0.3) is 0 Å². The zero-order valence-corrected chi connectivity index (χ0v) is 13.8. The van der Waals surface area contributed by atoms with E-state index in [1.54, 1.807) is 24.3 Å². The van der Waals surface area contributed by atoms with Gasteiger partial charge in [-0.3, -0.25) is 4.79 Å². The molecule has 3 rings (SSSR count). The quantitative estimate of drug-likeness (QED) is 0.758. The largest absolute Gasteiger partial charge is 0.476 e. The van der Waals surface area contributed by atoms with Gasteiger partial charge in [0.2, 0.25) is 15.9 Å². The Hall–Kier alpha value is -2.79. The van der Waals surface area contributed by atoms with E-state index in [9.17, 15) is 18.0 Å². The molecule has 1 saturated heterocycles. The van der Waals surface area contributed by atoms with E-state index in [1.165, 1.54) is 10.9 Å². The van der Waals surface area contributed by atoms with Crippen molar-refractivity contribution in [2.24, 2.45) is 0 Å². The number of amides is 1. The standard InChI is InChI=1S/C14H15N5O5S/c20-13(9-18-5-2-6-25(18,23)24)15-10-3-1-4-11(7-10)19-8-12(14(21)22)16-17-19/h1,3-4,7-8H,2,5-6,9H2,(H,15,20)(H,21,22). The number of nitrogens with zero attached hydrogens (tertiary/aromatic N) is 4. The van der Waals surface area contributed by atoms with E-state index in [1.807, 2.05) is 0 Å². The summed E-state index contributed by atoms with van der Waals surface area (Å²) in [6.45, 7) is 0.103. The first-order valence-corrected chi connectivity index (χ1v) is 9.00. The van der Waals surface area contributed by atoms with Crippen LogP contribution in [0, 0.1) is 0 Å². The summed E-state index contributed by atoms with van der Waals surface area (Å²) in [6.07, 6.45) is 1.77. The van der Waals surface area contributed by atoms with Crippen molar-refractivity contribution < 1.29 is 23.1 Å². The van der Waals surface area contributed by atoms with Crippen LogP contribution in [0.15, 0.2) is 30.5 Å². The average molecular weight is 365 g/mol. The van der Waals surface area contributed by atoms with Crippen molar-refractivity contribution in [3.63, 3.8) is 0 Å². The summed E-state index contributed by atoms with van der Waals surface area (Å²) in [5, 5.41) is 18.7. The molecule has 2 heterocycles. The molecule has 1 aliphatic rings. The third-order valence-corrected chi connectivity index (χ3v) is 5.53. The number of anilines is 1. The number of hydrogen-bond acceptors (Lipinski definition) is 6. The molecule has 2 aromatic rings. The second kappa shape index (κ2) is 6.61. The Morgan fingerprint density at radius 1 is 1.32 bits per heavy atom. The maximum Gasteiger partial charge on any atom is 0.358 e. The second-order valence-electron chi connectivity index (χ2n) is 5.46. The van der Waals surface area contributed by atoms with Gasteiger partial charge in [0, 0.05) is 12.2 Å². The maximum absolute atomic E-state index is 12.1. The average Bonchev–Trinajstić information content (AvgIpc) is 3.15. The Kier molecular flexibility index (Phi) is 4.51. The first-order valence-electron chi connectivity index (χ1n) is 7.39. The van der Waals surface area contributed by atoms with Gasteiger partial charge in [0.05, 0.1) is 24.2 Å². The van der Waals surface area contributed by atoms with Gasteiger partial charge in [-0.2, -0.15) is 4.31 Å². The molecular formula is C14H15N5O5S. The lowest BCUT2D eigenvalue weighted by Crippen LogP contribution is -2.34. The Morgan fingerprint density at radius 2 is 2.12 bits per heavy atom. The van der Waals surface area contributed by atoms with Crippen LogP contribution in [0.2, 0.25) is 0 Å². The molecule has 0 saturated carbocycles. The normalized spacial score (nSPS) is 16.6. The molecular weight excluding hydrogens is 350 g/mol. The van der Waals surface area contributed by atoms with E-state index >= 15 is 0 Å². The number of carboxylic acid groups (broad SMARTS) is 1. The van der Waals surface area contributed by atoms with Crippen LogP contribution in [0.5, 0.6) is 0 Å². The number of benzene rings is 1. The Labute approximate surface area is 143 Å². The van der Waals surface area contributed by atoms with Crippen molar-refractivity contribution >= 4 is 27.6 Å². The molecule has 0 radical (unpaired) electrons. The monoisotopic (exact) mass is 365 g/mol. The molecule has 0 bridgehead atoms. The van der Waals surface area contributed by atoms with Crippen molar-refractivity contribution in [2.45, 2.75) is 6.42 Å². The lowest BCUT2D eigenvalue weighted by molar-refractivity contribution is -0.116. The van der Waals surface area contributed by atoms with Crippen LogP contribution in [0.25, 0.3) is 5.69 Å². The molecule has 1 aromatic heterocycles. The number of sulfonamides is 1. The van der Waals surface area contributed by atoms with Crippen molar-refractivity contribution in [3.8, 4) is 5.69 Å². The van der Waals surface area contributed by atoms with E-state index in [0.29, 0.717) is 24.3 Å². The molecule has 1 aliphatic heterocycles. The SMILES string of the molecule is O=C(CN1CCCS1(=O)=O)Nc1cccc(-n2cc(C(=O)O)nn2)c1. The number of hydrogen-bond donors (Lipinski definition) is 2. The highest BCUT2D eigenvalue weighted by molar-refractivity contribution is 7.89. The minimum Gasteiger partial charge on any atom is -0.476 e. The third kappa shape index (κ3) is 3.83. The number of carbonyl (C=O) groups is 2. The summed E-state index contributed by atoms with van der Waals surface area (Å²) < 4.78 is 25.9. The van der Waals surface area contributed by atoms with Crippen LogP contribution in [0.3, 0.4) is 0 Å². The summed E-state index contributed by atoms with van der Waals surface area (Å²) in [5.41, 5.74) is 0.742. The molecule has 1 aromatic carbocycles. The molecule has 0 atom stereocenters. The topological polar surface area (TPSA) is 134 Å². The molecule has 10 nitrogen and oxygen atoms in total. The van der Waals surface area contributed by atoms with Crippen molar-refractivity contribution in [3.05, 3.63) is 36.2 Å². The lowest BCUT2D eigenvalue weighted by atomic mass is 10.2. The zero-order chi connectivity index (χ0) is 18.0. The number of carbonyl (C=O) groups excluding carboxylic acids is 1. The number of aromatic nitrogens is 3.